The lowest BCUT2D eigenvalue weighted by Gasteiger charge is -2.36. The summed E-state index contributed by atoms with van der Waals surface area (Å²) >= 11 is 0. The Labute approximate surface area is 177 Å². The van der Waals surface area contributed by atoms with Crippen LogP contribution >= 0.6 is 0 Å². The van der Waals surface area contributed by atoms with Crippen molar-refractivity contribution in [3.63, 3.8) is 0 Å². The van der Waals surface area contributed by atoms with Crippen molar-refractivity contribution in [2.45, 2.75) is 37.5 Å². The fourth-order valence-electron chi connectivity index (χ4n) is 4.61. The number of nitrogens with zero attached hydrogens (tertiary/aromatic N) is 3. The summed E-state index contributed by atoms with van der Waals surface area (Å²) in [4.78, 5) is 28.5. The Balaban J connectivity index is 1.53. The number of carbonyl (C=O) groups excluding carboxylic acids is 2. The number of carbonyl (C=O) groups is 2. The van der Waals surface area contributed by atoms with Crippen molar-refractivity contribution < 1.29 is 22.7 Å². The molecule has 164 valence electrons. The van der Waals surface area contributed by atoms with Gasteiger partial charge < -0.3 is 14.5 Å². The highest BCUT2D eigenvalue weighted by Crippen LogP contribution is 2.32. The number of hydrogen-bond acceptors (Lipinski definition) is 5. The van der Waals surface area contributed by atoms with Crippen molar-refractivity contribution in [2.24, 2.45) is 5.92 Å². The summed E-state index contributed by atoms with van der Waals surface area (Å²) in [6, 6.07) is 5.03. The molecule has 1 aromatic carbocycles. The average molecular weight is 436 g/mol. The molecule has 8 nitrogen and oxygen atoms in total. The van der Waals surface area contributed by atoms with E-state index < -0.39 is 10.0 Å². The fourth-order valence-corrected chi connectivity index (χ4v) is 6.19. The number of aryl methyl sites for hydroxylation is 1. The number of benzene rings is 1. The highest BCUT2D eigenvalue weighted by Gasteiger charge is 2.36. The van der Waals surface area contributed by atoms with Crippen LogP contribution in [0, 0.1) is 5.92 Å². The Morgan fingerprint density at radius 2 is 1.83 bits per heavy atom. The minimum Gasteiger partial charge on any atom is -0.378 e. The Morgan fingerprint density at radius 3 is 2.57 bits per heavy atom. The van der Waals surface area contributed by atoms with Crippen LogP contribution in [0.5, 0.6) is 0 Å². The molecule has 3 aliphatic heterocycles. The third kappa shape index (κ3) is 4.10. The molecule has 3 heterocycles. The van der Waals surface area contributed by atoms with Gasteiger partial charge in [0.25, 0.3) is 0 Å². The van der Waals surface area contributed by atoms with Crippen LogP contribution in [0.25, 0.3) is 0 Å². The smallest absolute Gasteiger partial charge is 0.243 e. The van der Waals surface area contributed by atoms with Gasteiger partial charge in [0.05, 0.1) is 24.0 Å². The molecule has 30 heavy (non-hydrogen) atoms. The summed E-state index contributed by atoms with van der Waals surface area (Å²) < 4.78 is 33.4. The number of sulfonamides is 1. The monoisotopic (exact) mass is 435 g/mol. The van der Waals surface area contributed by atoms with E-state index >= 15 is 0 Å². The summed E-state index contributed by atoms with van der Waals surface area (Å²) in [6.45, 7) is 5.03. The second-order valence-electron chi connectivity index (χ2n) is 8.20. The minimum absolute atomic E-state index is 0.0285. The summed E-state index contributed by atoms with van der Waals surface area (Å²) in [6.07, 6.45) is 2.94. The zero-order valence-corrected chi connectivity index (χ0v) is 18.2. The van der Waals surface area contributed by atoms with Gasteiger partial charge in [0.2, 0.25) is 21.8 Å². The summed E-state index contributed by atoms with van der Waals surface area (Å²) in [5.41, 5.74) is 1.68. The molecule has 0 saturated carbocycles. The average Bonchev–Trinajstić information content (AvgIpc) is 2.78. The van der Waals surface area contributed by atoms with E-state index in [0.717, 1.165) is 24.1 Å². The maximum atomic E-state index is 13.3. The largest absolute Gasteiger partial charge is 0.378 e. The molecular weight excluding hydrogens is 406 g/mol. The van der Waals surface area contributed by atoms with E-state index in [1.165, 1.54) is 11.2 Å². The molecule has 0 spiro atoms. The van der Waals surface area contributed by atoms with E-state index in [0.29, 0.717) is 52.2 Å². The summed E-state index contributed by atoms with van der Waals surface area (Å²) in [5.74, 6) is -0.315. The number of fused-ring (bicyclic) bond motifs is 1. The van der Waals surface area contributed by atoms with Gasteiger partial charge in [-0.15, -0.1) is 0 Å². The lowest BCUT2D eigenvalue weighted by Crippen LogP contribution is -2.49. The highest BCUT2D eigenvalue weighted by molar-refractivity contribution is 7.89. The van der Waals surface area contributed by atoms with Gasteiger partial charge >= 0.3 is 0 Å². The maximum absolute atomic E-state index is 13.3. The van der Waals surface area contributed by atoms with Crippen molar-refractivity contribution in [3.05, 3.63) is 23.8 Å². The van der Waals surface area contributed by atoms with Crippen LogP contribution < -0.4 is 4.90 Å². The van der Waals surface area contributed by atoms with Crippen LogP contribution in [0.15, 0.2) is 23.1 Å². The van der Waals surface area contributed by atoms with Gasteiger partial charge in [-0.1, -0.05) is 0 Å². The molecule has 2 amide bonds. The molecule has 0 aliphatic carbocycles. The first-order chi connectivity index (χ1) is 14.4. The standard InChI is InChI=1S/C21H29N3O5S/c1-16(25)24-9-3-4-17-14-19(6-7-20(17)24)30(27,28)23-8-2-5-18(15-23)21(26)22-10-12-29-13-11-22/h6-7,14,18H,2-5,8-13,15H2,1H3. The van der Waals surface area contributed by atoms with Gasteiger partial charge in [-0.3, -0.25) is 9.59 Å². The van der Waals surface area contributed by atoms with Crippen LogP contribution in [0.2, 0.25) is 0 Å². The molecule has 0 N–H and O–H groups in total. The van der Waals surface area contributed by atoms with Crippen molar-refractivity contribution in [1.82, 2.24) is 9.21 Å². The normalized spacial score (nSPS) is 23.2. The van der Waals surface area contributed by atoms with Gasteiger partial charge in [0.1, 0.15) is 0 Å². The molecule has 2 fully saturated rings. The van der Waals surface area contributed by atoms with Crippen LogP contribution in [0.3, 0.4) is 0 Å². The first-order valence-corrected chi connectivity index (χ1v) is 12.1. The topological polar surface area (TPSA) is 87.2 Å². The van der Waals surface area contributed by atoms with Crippen molar-refractivity contribution in [1.29, 1.82) is 0 Å². The van der Waals surface area contributed by atoms with Crippen LogP contribution in [-0.2, 0) is 30.8 Å². The predicted octanol–water partition coefficient (Wildman–Crippen LogP) is 1.25. The molecule has 0 radical (unpaired) electrons. The lowest BCUT2D eigenvalue weighted by atomic mass is 9.98. The summed E-state index contributed by atoms with van der Waals surface area (Å²) in [5, 5.41) is 0. The molecule has 0 aromatic heterocycles. The minimum atomic E-state index is -3.70. The van der Waals surface area contributed by atoms with Gasteiger partial charge in [0.15, 0.2) is 0 Å². The van der Waals surface area contributed by atoms with E-state index in [4.69, 9.17) is 4.74 Å². The molecule has 1 unspecified atom stereocenters. The Kier molecular flexibility index (Phi) is 6.13. The zero-order valence-electron chi connectivity index (χ0n) is 17.4. The molecular formula is C21H29N3O5S. The van der Waals surface area contributed by atoms with Gasteiger partial charge in [-0.05, 0) is 49.4 Å². The molecule has 2 saturated heterocycles. The maximum Gasteiger partial charge on any atom is 0.243 e. The van der Waals surface area contributed by atoms with E-state index in [9.17, 15) is 18.0 Å². The van der Waals surface area contributed by atoms with Crippen molar-refractivity contribution in [3.8, 4) is 0 Å². The second-order valence-corrected chi connectivity index (χ2v) is 10.1. The molecule has 3 aliphatic rings. The molecule has 1 aromatic rings. The molecule has 9 heteroatoms. The van der Waals surface area contributed by atoms with Crippen molar-refractivity contribution in [2.75, 3.05) is 50.8 Å². The van der Waals surface area contributed by atoms with E-state index in [1.807, 2.05) is 0 Å². The number of morpholine rings is 1. The third-order valence-corrected chi connectivity index (χ3v) is 8.10. The first kappa shape index (κ1) is 21.3. The lowest BCUT2D eigenvalue weighted by molar-refractivity contribution is -0.140. The van der Waals surface area contributed by atoms with Crippen LogP contribution in [0.4, 0.5) is 5.69 Å². The zero-order chi connectivity index (χ0) is 21.3. The highest BCUT2D eigenvalue weighted by atomic mass is 32.2. The van der Waals surface area contributed by atoms with Gasteiger partial charge in [-0.25, -0.2) is 8.42 Å². The molecule has 0 bridgehead atoms. The van der Waals surface area contributed by atoms with Crippen molar-refractivity contribution >= 4 is 27.5 Å². The number of amides is 2. The first-order valence-electron chi connectivity index (χ1n) is 10.7. The Morgan fingerprint density at radius 1 is 1.07 bits per heavy atom. The Bertz CT molecular complexity index is 927. The second kappa shape index (κ2) is 8.64. The van der Waals surface area contributed by atoms with Gasteiger partial charge in [0, 0.05) is 45.3 Å². The number of ether oxygens (including phenoxy) is 1. The number of rotatable bonds is 3. The number of piperidine rings is 1. The number of anilines is 1. The SMILES string of the molecule is CC(=O)N1CCCc2cc(S(=O)(=O)N3CCCC(C(=O)N4CCOCC4)C3)ccc21. The Hall–Kier alpha value is -1.97. The molecule has 1 atom stereocenters. The van der Waals surface area contributed by atoms with E-state index in [2.05, 4.69) is 0 Å². The van der Waals surface area contributed by atoms with E-state index in [1.54, 1.807) is 28.0 Å². The quantitative estimate of drug-likeness (QED) is 0.713. The van der Waals surface area contributed by atoms with Gasteiger partial charge in [-0.2, -0.15) is 4.31 Å². The molecule has 4 rings (SSSR count). The van der Waals surface area contributed by atoms with Crippen LogP contribution in [-0.4, -0.2) is 75.4 Å². The van der Waals surface area contributed by atoms with E-state index in [-0.39, 0.29) is 29.2 Å². The van der Waals surface area contributed by atoms with Crippen LogP contribution in [0.1, 0.15) is 31.7 Å². The fraction of sp³-hybridized carbons (Fsp3) is 0.619. The third-order valence-electron chi connectivity index (χ3n) is 6.24. The predicted molar refractivity (Wildman–Crippen MR) is 112 cm³/mol. The summed E-state index contributed by atoms with van der Waals surface area (Å²) in [7, 11) is -3.70. The number of hydrogen-bond donors (Lipinski definition) is 0.